The second kappa shape index (κ2) is 14.4. The average Bonchev–Trinajstić information content (AvgIpc) is 2.93. The van der Waals surface area contributed by atoms with Crippen LogP contribution in [0.1, 0.15) is 54.9 Å². The molecule has 1 aliphatic rings. The van der Waals surface area contributed by atoms with Gasteiger partial charge in [0.1, 0.15) is 0 Å². The molecule has 1 N–H and O–H groups in total. The number of aromatic nitrogens is 1. The van der Waals surface area contributed by atoms with E-state index in [0.717, 1.165) is 62.3 Å². The summed E-state index contributed by atoms with van der Waals surface area (Å²) in [6, 6.07) is 11.6. The Hall–Kier alpha value is -3.71. The monoisotopic (exact) mass is 529 g/mol. The number of pyridine rings is 1. The van der Waals surface area contributed by atoms with E-state index in [1.807, 2.05) is 24.3 Å². The van der Waals surface area contributed by atoms with Crippen LogP contribution < -0.4 is 10.9 Å². The highest BCUT2D eigenvalue weighted by Gasteiger charge is 2.21. The highest BCUT2D eigenvalue weighted by Crippen LogP contribution is 2.29. The Labute approximate surface area is 233 Å². The zero-order chi connectivity index (χ0) is 28.4. The first kappa shape index (κ1) is 29.8. The Kier molecular flexibility index (Phi) is 11.1. The van der Waals surface area contributed by atoms with Crippen molar-refractivity contribution in [3.05, 3.63) is 94.0 Å². The summed E-state index contributed by atoms with van der Waals surface area (Å²) >= 11 is 0. The molecular formula is C32H43N5O2. The van der Waals surface area contributed by atoms with E-state index >= 15 is 0 Å². The van der Waals surface area contributed by atoms with E-state index in [1.165, 1.54) is 11.1 Å². The molecule has 7 heteroatoms. The number of carbonyl (C=O) groups excluding carboxylic acids is 1. The molecule has 1 aromatic heterocycles. The van der Waals surface area contributed by atoms with Crippen molar-refractivity contribution in [3.63, 3.8) is 0 Å². The summed E-state index contributed by atoms with van der Waals surface area (Å²) in [5.74, 6) is 0.541. The van der Waals surface area contributed by atoms with E-state index in [0.29, 0.717) is 11.6 Å². The molecule has 2 heterocycles. The smallest absolute Gasteiger partial charge is 0.257 e. The first-order chi connectivity index (χ1) is 18.7. The molecular weight excluding hydrogens is 486 g/mol. The Morgan fingerprint density at radius 3 is 2.46 bits per heavy atom. The molecule has 0 aliphatic carbocycles. The molecule has 0 spiro atoms. The highest BCUT2D eigenvalue weighted by atomic mass is 16.2. The van der Waals surface area contributed by atoms with Crippen LogP contribution in [-0.2, 0) is 0 Å². The van der Waals surface area contributed by atoms with Crippen LogP contribution in [0.3, 0.4) is 0 Å². The van der Waals surface area contributed by atoms with Gasteiger partial charge >= 0.3 is 0 Å². The first-order valence-corrected chi connectivity index (χ1v) is 13.7. The van der Waals surface area contributed by atoms with Crippen molar-refractivity contribution in [2.45, 2.75) is 39.0 Å². The number of amides is 1. The lowest BCUT2D eigenvalue weighted by atomic mass is 9.88. The van der Waals surface area contributed by atoms with E-state index in [-0.39, 0.29) is 11.5 Å². The van der Waals surface area contributed by atoms with Gasteiger partial charge in [-0.1, -0.05) is 37.3 Å². The van der Waals surface area contributed by atoms with Crippen molar-refractivity contribution in [2.75, 3.05) is 52.6 Å². The molecule has 39 heavy (non-hydrogen) atoms. The third-order valence-corrected chi connectivity index (χ3v) is 6.99. The minimum absolute atomic E-state index is 0.0334. The Morgan fingerprint density at radius 2 is 1.87 bits per heavy atom. The van der Waals surface area contributed by atoms with Crippen LogP contribution in [0.15, 0.2) is 82.3 Å². The molecule has 208 valence electrons. The predicted octanol–water partition coefficient (Wildman–Crippen LogP) is 5.30. The molecule has 1 aromatic carbocycles. The van der Waals surface area contributed by atoms with E-state index in [1.54, 1.807) is 49.1 Å². The number of nitrogens with zero attached hydrogens (tertiary/aromatic N) is 4. The Morgan fingerprint density at radius 1 is 1.18 bits per heavy atom. The number of rotatable bonds is 11. The van der Waals surface area contributed by atoms with Crippen LogP contribution in [0.5, 0.6) is 0 Å². The van der Waals surface area contributed by atoms with Gasteiger partial charge in [0.2, 0.25) is 0 Å². The first-order valence-electron chi connectivity index (χ1n) is 13.7. The maximum atomic E-state index is 12.9. The van der Waals surface area contributed by atoms with E-state index in [4.69, 9.17) is 0 Å². The summed E-state index contributed by atoms with van der Waals surface area (Å²) in [5, 5.41) is 3.26. The maximum Gasteiger partial charge on any atom is 0.257 e. The minimum atomic E-state index is -0.111. The van der Waals surface area contributed by atoms with Crippen molar-refractivity contribution in [1.29, 1.82) is 0 Å². The number of aliphatic imine (C=N–C) groups is 1. The fourth-order valence-electron chi connectivity index (χ4n) is 4.89. The van der Waals surface area contributed by atoms with Gasteiger partial charge in [-0.15, -0.1) is 0 Å². The summed E-state index contributed by atoms with van der Waals surface area (Å²) in [6.07, 6.45) is 10.5. The molecule has 1 saturated heterocycles. The zero-order valence-corrected chi connectivity index (χ0v) is 24.1. The lowest BCUT2D eigenvalue weighted by Crippen LogP contribution is -2.34. The van der Waals surface area contributed by atoms with Crippen LogP contribution in [0.2, 0.25) is 0 Å². The van der Waals surface area contributed by atoms with Gasteiger partial charge in [-0.05, 0) is 80.6 Å². The molecule has 2 aromatic rings. The van der Waals surface area contributed by atoms with Crippen LogP contribution in [0.25, 0.3) is 5.70 Å². The molecule has 7 nitrogen and oxygen atoms in total. The van der Waals surface area contributed by atoms with Crippen molar-refractivity contribution < 1.29 is 4.79 Å². The lowest BCUT2D eigenvalue weighted by molar-refractivity contribution is 0.0827. The normalized spacial score (nSPS) is 15.5. The van der Waals surface area contributed by atoms with Gasteiger partial charge in [-0.3, -0.25) is 24.0 Å². The molecule has 0 unspecified atom stereocenters. The van der Waals surface area contributed by atoms with E-state index in [2.05, 4.69) is 53.8 Å². The quantitative estimate of drug-likeness (QED) is 0.317. The van der Waals surface area contributed by atoms with Crippen LogP contribution in [0, 0.1) is 0 Å². The Balaban J connectivity index is 1.63. The fourth-order valence-corrected chi connectivity index (χ4v) is 4.89. The summed E-state index contributed by atoms with van der Waals surface area (Å²) in [5.41, 5.74) is 5.42. The molecule has 0 bridgehead atoms. The molecule has 3 rings (SSSR count). The van der Waals surface area contributed by atoms with Crippen LogP contribution in [0.4, 0.5) is 5.69 Å². The number of nitrogens with one attached hydrogen (secondary N) is 1. The molecule has 1 aliphatic heterocycles. The van der Waals surface area contributed by atoms with Gasteiger partial charge < -0.3 is 10.2 Å². The largest absolute Gasteiger partial charge is 0.385 e. The van der Waals surface area contributed by atoms with Gasteiger partial charge in [0.05, 0.1) is 5.70 Å². The van der Waals surface area contributed by atoms with Gasteiger partial charge in [-0.25, -0.2) is 0 Å². The molecule has 0 atom stereocenters. The number of likely N-dealkylation sites (tertiary alicyclic amines) is 1. The molecule has 1 amide bonds. The molecule has 0 radical (unpaired) electrons. The lowest BCUT2D eigenvalue weighted by Gasteiger charge is -2.32. The van der Waals surface area contributed by atoms with Crippen LogP contribution in [-0.4, -0.2) is 73.8 Å². The standard InChI is InChI=1S/C32H43N5O2/c1-7-16-34-29-15-20-37(31(38)22-29)30(12-17-33-4)25(3)21-24(2)23-36-18-13-27(14-19-36)26-8-10-28(11-9-26)32(39)35(5)6/h8-12,15,17,20-22,27,34H,3,7,13-14,16,18-19,23H2,1-2,4-6H3/b24-21+,30-12+,33-17?. The van der Waals surface area contributed by atoms with E-state index in [9.17, 15) is 9.59 Å². The van der Waals surface area contributed by atoms with Gasteiger partial charge in [0.15, 0.2) is 0 Å². The number of carbonyl (C=O) groups is 1. The predicted molar refractivity (Wildman–Crippen MR) is 164 cm³/mol. The summed E-state index contributed by atoms with van der Waals surface area (Å²) in [4.78, 5) is 33.2. The molecule has 1 fully saturated rings. The average molecular weight is 530 g/mol. The van der Waals surface area contributed by atoms with E-state index < -0.39 is 0 Å². The third-order valence-electron chi connectivity index (χ3n) is 6.99. The number of anilines is 1. The van der Waals surface area contributed by atoms with Crippen molar-refractivity contribution in [3.8, 4) is 0 Å². The second-order valence-corrected chi connectivity index (χ2v) is 10.4. The van der Waals surface area contributed by atoms with Crippen LogP contribution >= 0.6 is 0 Å². The van der Waals surface area contributed by atoms with Gasteiger partial charge in [0, 0.05) is 64.0 Å². The van der Waals surface area contributed by atoms with Crippen molar-refractivity contribution in [2.24, 2.45) is 4.99 Å². The number of benzene rings is 1. The summed E-state index contributed by atoms with van der Waals surface area (Å²) < 4.78 is 1.62. The fraction of sp³-hybridized carbons (Fsp3) is 0.406. The minimum Gasteiger partial charge on any atom is -0.385 e. The second-order valence-electron chi connectivity index (χ2n) is 10.4. The number of hydrogen-bond acceptors (Lipinski definition) is 5. The topological polar surface area (TPSA) is 69.9 Å². The summed E-state index contributed by atoms with van der Waals surface area (Å²) in [7, 11) is 5.26. The Bertz CT molecular complexity index is 1280. The number of allylic oxidation sites excluding steroid dienone is 4. The highest BCUT2D eigenvalue weighted by molar-refractivity contribution is 5.93. The third kappa shape index (κ3) is 8.39. The van der Waals surface area contributed by atoms with Gasteiger partial charge in [-0.2, -0.15) is 0 Å². The zero-order valence-electron chi connectivity index (χ0n) is 24.1. The number of piperidine rings is 1. The number of hydrogen-bond donors (Lipinski definition) is 1. The van der Waals surface area contributed by atoms with Crippen molar-refractivity contribution in [1.82, 2.24) is 14.4 Å². The SMILES string of the molecule is C=C(/C=C(\C)CN1CCC(c2ccc(C(=O)N(C)C)cc2)CC1)/C(=C\C=NC)n1ccc(NCCC)cc1=O. The van der Waals surface area contributed by atoms with Crippen molar-refractivity contribution >= 4 is 23.5 Å². The maximum absolute atomic E-state index is 12.9. The summed E-state index contributed by atoms with van der Waals surface area (Å²) in [6.45, 7) is 12.2. The van der Waals surface area contributed by atoms with Gasteiger partial charge in [0.25, 0.3) is 11.5 Å². The molecule has 0 saturated carbocycles.